The first kappa shape index (κ1) is 15.1. The fourth-order valence-electron chi connectivity index (χ4n) is 1.35. The summed E-state index contributed by atoms with van der Waals surface area (Å²) >= 11 is 0. The van der Waals surface area contributed by atoms with Gasteiger partial charge in [0.25, 0.3) is 0 Å². The topological polar surface area (TPSA) is 52.6 Å². The van der Waals surface area contributed by atoms with E-state index in [0.717, 1.165) is 18.9 Å². The van der Waals surface area contributed by atoms with Gasteiger partial charge in [0.15, 0.2) is 24.0 Å². The number of benzene rings is 1. The monoisotopic (exact) mass is 268 g/mol. The van der Waals surface area contributed by atoms with Gasteiger partial charge in [0.05, 0.1) is 6.61 Å². The molecular formula is C14H17FO4. The molecule has 0 fully saturated rings. The highest BCUT2D eigenvalue weighted by Gasteiger charge is 2.10. The Labute approximate surface area is 111 Å². The highest BCUT2D eigenvalue weighted by molar-refractivity contribution is 5.94. The molecule has 4 nitrogen and oxygen atoms in total. The van der Waals surface area contributed by atoms with Gasteiger partial charge < -0.3 is 9.47 Å². The molecule has 5 heteroatoms. The molecule has 0 N–H and O–H groups in total. The van der Waals surface area contributed by atoms with Crippen molar-refractivity contribution < 1.29 is 23.5 Å². The van der Waals surface area contributed by atoms with Crippen LogP contribution in [-0.2, 0) is 9.53 Å². The fraction of sp³-hybridized carbons (Fsp3) is 0.429. The normalized spacial score (nSPS) is 10.1. The second-order valence-corrected chi connectivity index (χ2v) is 4.06. The summed E-state index contributed by atoms with van der Waals surface area (Å²) in [5.74, 6) is -1.51. The molecule has 0 saturated heterocycles. The van der Waals surface area contributed by atoms with Gasteiger partial charge in [-0.25, -0.2) is 9.18 Å². The van der Waals surface area contributed by atoms with E-state index in [4.69, 9.17) is 9.47 Å². The Morgan fingerprint density at radius 1 is 1.32 bits per heavy atom. The van der Waals surface area contributed by atoms with Crippen molar-refractivity contribution in [1.29, 1.82) is 0 Å². The van der Waals surface area contributed by atoms with Gasteiger partial charge in [-0.2, -0.15) is 0 Å². The van der Waals surface area contributed by atoms with Gasteiger partial charge in [-0.1, -0.05) is 13.3 Å². The van der Waals surface area contributed by atoms with Crippen molar-refractivity contribution in [3.8, 4) is 5.75 Å². The molecule has 0 aromatic heterocycles. The summed E-state index contributed by atoms with van der Waals surface area (Å²) in [4.78, 5) is 22.3. The van der Waals surface area contributed by atoms with E-state index in [1.165, 1.54) is 19.1 Å². The predicted octanol–water partition coefficient (Wildman–Crippen LogP) is 2.75. The van der Waals surface area contributed by atoms with Crippen molar-refractivity contribution in [2.45, 2.75) is 26.7 Å². The van der Waals surface area contributed by atoms with E-state index in [-0.39, 0.29) is 23.7 Å². The van der Waals surface area contributed by atoms with Crippen molar-refractivity contribution in [2.24, 2.45) is 0 Å². The number of unbranched alkanes of at least 4 members (excludes halogenated alkanes) is 1. The van der Waals surface area contributed by atoms with E-state index in [1.807, 2.05) is 6.92 Å². The van der Waals surface area contributed by atoms with Gasteiger partial charge in [-0.3, -0.25) is 4.79 Å². The van der Waals surface area contributed by atoms with Crippen LogP contribution in [0.2, 0.25) is 0 Å². The molecule has 0 amide bonds. The minimum absolute atomic E-state index is 0.0718. The van der Waals surface area contributed by atoms with Crippen LogP contribution < -0.4 is 4.74 Å². The van der Waals surface area contributed by atoms with Crippen LogP contribution in [0.3, 0.4) is 0 Å². The van der Waals surface area contributed by atoms with Gasteiger partial charge in [0.1, 0.15) is 0 Å². The fourth-order valence-corrected chi connectivity index (χ4v) is 1.35. The zero-order valence-corrected chi connectivity index (χ0v) is 11.1. The molecule has 0 aliphatic carbocycles. The average Bonchev–Trinajstić information content (AvgIpc) is 2.37. The lowest BCUT2D eigenvalue weighted by Gasteiger charge is -2.08. The highest BCUT2D eigenvalue weighted by atomic mass is 19.1. The summed E-state index contributed by atoms with van der Waals surface area (Å²) in [5.41, 5.74) is 0.260. The van der Waals surface area contributed by atoms with E-state index < -0.39 is 11.8 Å². The molecule has 0 spiro atoms. The summed E-state index contributed by atoms with van der Waals surface area (Å²) in [5, 5.41) is 0. The van der Waals surface area contributed by atoms with E-state index >= 15 is 0 Å². The zero-order valence-electron chi connectivity index (χ0n) is 11.1. The largest absolute Gasteiger partial charge is 0.479 e. The first-order valence-electron chi connectivity index (χ1n) is 6.13. The summed E-state index contributed by atoms with van der Waals surface area (Å²) in [7, 11) is 0. The van der Waals surface area contributed by atoms with Gasteiger partial charge >= 0.3 is 5.97 Å². The summed E-state index contributed by atoms with van der Waals surface area (Å²) in [6, 6.07) is 3.86. The number of esters is 1. The maximum atomic E-state index is 13.5. The number of ether oxygens (including phenoxy) is 2. The molecule has 0 atom stereocenters. The number of halogens is 1. The maximum Gasteiger partial charge on any atom is 0.344 e. The molecule has 0 aliphatic rings. The smallest absolute Gasteiger partial charge is 0.344 e. The van der Waals surface area contributed by atoms with Crippen LogP contribution in [0, 0.1) is 5.82 Å². The van der Waals surface area contributed by atoms with Crippen LogP contribution in [0.25, 0.3) is 0 Å². The van der Waals surface area contributed by atoms with Crippen LogP contribution in [0.4, 0.5) is 4.39 Å². The minimum atomic E-state index is -0.672. The van der Waals surface area contributed by atoms with Gasteiger partial charge in [0, 0.05) is 5.56 Å². The third-order valence-corrected chi connectivity index (χ3v) is 2.44. The zero-order chi connectivity index (χ0) is 14.3. The van der Waals surface area contributed by atoms with E-state index in [9.17, 15) is 14.0 Å². The molecule has 0 heterocycles. The molecule has 104 valence electrons. The highest BCUT2D eigenvalue weighted by Crippen LogP contribution is 2.18. The third kappa shape index (κ3) is 5.07. The molecule has 0 saturated carbocycles. The lowest BCUT2D eigenvalue weighted by Crippen LogP contribution is -2.16. The van der Waals surface area contributed by atoms with E-state index in [1.54, 1.807) is 0 Å². The van der Waals surface area contributed by atoms with Crippen molar-refractivity contribution in [3.63, 3.8) is 0 Å². The van der Waals surface area contributed by atoms with Crippen LogP contribution in [0.5, 0.6) is 5.75 Å². The Balaban J connectivity index is 2.49. The number of hydrogen-bond donors (Lipinski definition) is 0. The van der Waals surface area contributed by atoms with Crippen molar-refractivity contribution >= 4 is 11.8 Å². The Hall–Kier alpha value is -1.91. The lowest BCUT2D eigenvalue weighted by atomic mass is 10.1. The second kappa shape index (κ2) is 7.51. The maximum absolute atomic E-state index is 13.5. The standard InChI is InChI=1S/C14H17FO4/c1-3-4-7-18-14(17)9-19-13-6-5-11(10(2)16)8-12(13)15/h5-6,8H,3-4,7,9H2,1-2H3. The van der Waals surface area contributed by atoms with Crippen LogP contribution in [0.15, 0.2) is 18.2 Å². The molecule has 0 aliphatic heterocycles. The first-order chi connectivity index (χ1) is 9.04. The molecule has 0 bridgehead atoms. The predicted molar refractivity (Wildman–Crippen MR) is 67.8 cm³/mol. The first-order valence-corrected chi connectivity index (χ1v) is 6.13. The number of rotatable bonds is 7. The minimum Gasteiger partial charge on any atom is -0.479 e. The average molecular weight is 268 g/mol. The number of Topliss-reactive ketones (excluding diaryl/α,β-unsaturated/α-hetero) is 1. The lowest BCUT2D eigenvalue weighted by molar-refractivity contribution is -0.146. The SMILES string of the molecule is CCCCOC(=O)COc1ccc(C(C)=O)cc1F. The molecule has 0 unspecified atom stereocenters. The van der Waals surface area contributed by atoms with Gasteiger partial charge in [-0.15, -0.1) is 0 Å². The quantitative estimate of drug-likeness (QED) is 0.433. The molecule has 1 rings (SSSR count). The van der Waals surface area contributed by atoms with Gasteiger partial charge in [0.2, 0.25) is 0 Å². The van der Waals surface area contributed by atoms with E-state index in [2.05, 4.69) is 0 Å². The Morgan fingerprint density at radius 3 is 2.63 bits per heavy atom. The Kier molecular flexibility index (Phi) is 5.99. The number of carbonyl (C=O) groups is 2. The summed E-state index contributed by atoms with van der Waals surface area (Å²) in [6.07, 6.45) is 1.71. The number of carbonyl (C=O) groups excluding carboxylic acids is 2. The molecule has 19 heavy (non-hydrogen) atoms. The van der Waals surface area contributed by atoms with Crippen molar-refractivity contribution in [2.75, 3.05) is 13.2 Å². The Morgan fingerprint density at radius 2 is 2.05 bits per heavy atom. The number of hydrogen-bond acceptors (Lipinski definition) is 4. The second-order valence-electron chi connectivity index (χ2n) is 4.06. The van der Waals surface area contributed by atoms with Crippen molar-refractivity contribution in [1.82, 2.24) is 0 Å². The van der Waals surface area contributed by atoms with Crippen molar-refractivity contribution in [3.05, 3.63) is 29.6 Å². The van der Waals surface area contributed by atoms with Crippen LogP contribution in [0.1, 0.15) is 37.0 Å². The van der Waals surface area contributed by atoms with Crippen LogP contribution in [-0.4, -0.2) is 25.0 Å². The van der Waals surface area contributed by atoms with E-state index in [0.29, 0.717) is 6.61 Å². The molecule has 0 radical (unpaired) electrons. The molecule has 1 aromatic carbocycles. The number of ketones is 1. The Bertz CT molecular complexity index is 457. The van der Waals surface area contributed by atoms with Crippen LogP contribution >= 0.6 is 0 Å². The molecular weight excluding hydrogens is 251 g/mol. The third-order valence-electron chi connectivity index (χ3n) is 2.44. The molecule has 1 aromatic rings. The summed E-state index contributed by atoms with van der Waals surface area (Å²) < 4.78 is 23.4. The van der Waals surface area contributed by atoms with Gasteiger partial charge in [-0.05, 0) is 31.5 Å². The summed E-state index contributed by atoms with van der Waals surface area (Å²) in [6.45, 7) is 3.32.